The molecule has 3 atom stereocenters. The Morgan fingerprint density at radius 2 is 1.97 bits per heavy atom. The summed E-state index contributed by atoms with van der Waals surface area (Å²) in [5.74, 6) is 2.21. The molecule has 1 aromatic heterocycles. The van der Waals surface area contributed by atoms with Crippen LogP contribution in [-0.4, -0.2) is 41.7 Å². The van der Waals surface area contributed by atoms with Gasteiger partial charge in [0.1, 0.15) is 5.75 Å². The van der Waals surface area contributed by atoms with E-state index in [0.717, 1.165) is 47.4 Å². The molecular formula is C29H38N2O2. The first-order valence-corrected chi connectivity index (χ1v) is 12.5. The number of nitrogens with zero attached hydrogens (tertiary/aromatic N) is 2. The van der Waals surface area contributed by atoms with Crippen molar-refractivity contribution >= 4 is 10.9 Å². The molecular weight excluding hydrogens is 408 g/mol. The average Bonchev–Trinajstić information content (AvgIpc) is 2.87. The van der Waals surface area contributed by atoms with Crippen LogP contribution in [-0.2, 0) is 6.42 Å². The first-order valence-electron chi connectivity index (χ1n) is 12.5. The van der Waals surface area contributed by atoms with E-state index in [-0.39, 0.29) is 0 Å². The maximum Gasteiger partial charge on any atom is 0.119 e. The van der Waals surface area contributed by atoms with Gasteiger partial charge in [-0.2, -0.15) is 0 Å². The van der Waals surface area contributed by atoms with Crippen molar-refractivity contribution in [3.05, 3.63) is 71.9 Å². The van der Waals surface area contributed by atoms with Crippen molar-refractivity contribution < 1.29 is 9.84 Å². The van der Waals surface area contributed by atoms with E-state index in [1.165, 1.54) is 44.5 Å². The quantitative estimate of drug-likeness (QED) is 0.412. The number of ether oxygens (including phenoxy) is 1. The molecule has 1 saturated heterocycles. The molecule has 0 saturated carbocycles. The number of pyridine rings is 1. The van der Waals surface area contributed by atoms with Gasteiger partial charge in [0.25, 0.3) is 0 Å². The lowest BCUT2D eigenvalue weighted by Gasteiger charge is -2.39. The van der Waals surface area contributed by atoms with Crippen LogP contribution in [0.4, 0.5) is 0 Å². The summed E-state index contributed by atoms with van der Waals surface area (Å²) in [6.07, 6.45) is 8.04. The molecule has 1 aliphatic heterocycles. The van der Waals surface area contributed by atoms with Crippen LogP contribution in [0.3, 0.4) is 0 Å². The van der Waals surface area contributed by atoms with E-state index in [9.17, 15) is 5.11 Å². The zero-order valence-corrected chi connectivity index (χ0v) is 20.1. The molecule has 4 nitrogen and oxygen atoms in total. The summed E-state index contributed by atoms with van der Waals surface area (Å²) in [5.41, 5.74) is 3.31. The van der Waals surface area contributed by atoms with Crippen molar-refractivity contribution in [3.8, 4) is 5.75 Å². The van der Waals surface area contributed by atoms with Gasteiger partial charge < -0.3 is 14.7 Å². The zero-order valence-electron chi connectivity index (χ0n) is 20.1. The van der Waals surface area contributed by atoms with E-state index in [1.54, 1.807) is 13.3 Å². The van der Waals surface area contributed by atoms with Gasteiger partial charge in [0.2, 0.25) is 0 Å². The molecule has 0 amide bonds. The summed E-state index contributed by atoms with van der Waals surface area (Å²) < 4.78 is 5.39. The van der Waals surface area contributed by atoms with Crippen LogP contribution >= 0.6 is 0 Å². The molecule has 176 valence electrons. The summed E-state index contributed by atoms with van der Waals surface area (Å²) in [7, 11) is 1.67. The standard InChI is InChI=1S/C29H38N2O2/c1-3-23-21-31(18-7-10-22-8-5-4-6-9-22)19-16-24(23)11-14-29(32)26-15-17-30-28-13-12-25(33-2)20-27(26)28/h4-6,8-9,12-13,15,17,20,23-24,29,32H,3,7,10-11,14,16,18-19,21H2,1-2H3/t23-,24+,29?/m0/s1. The Morgan fingerprint density at radius 1 is 1.12 bits per heavy atom. The number of aromatic nitrogens is 1. The number of benzene rings is 2. The summed E-state index contributed by atoms with van der Waals surface area (Å²) in [6.45, 7) is 5.89. The highest BCUT2D eigenvalue weighted by Crippen LogP contribution is 2.34. The fourth-order valence-electron chi connectivity index (χ4n) is 5.44. The Hall–Kier alpha value is -2.43. The summed E-state index contributed by atoms with van der Waals surface area (Å²) in [5, 5.41) is 12.1. The number of hydrogen-bond donors (Lipinski definition) is 1. The second-order valence-electron chi connectivity index (χ2n) is 9.48. The van der Waals surface area contributed by atoms with Gasteiger partial charge in [-0.05, 0) is 92.4 Å². The number of hydrogen-bond acceptors (Lipinski definition) is 4. The smallest absolute Gasteiger partial charge is 0.119 e. The Morgan fingerprint density at radius 3 is 2.76 bits per heavy atom. The minimum Gasteiger partial charge on any atom is -0.497 e. The van der Waals surface area contributed by atoms with Crippen molar-refractivity contribution in [2.75, 3.05) is 26.7 Å². The largest absolute Gasteiger partial charge is 0.497 e. The second-order valence-corrected chi connectivity index (χ2v) is 9.48. The Kier molecular flexibility index (Phi) is 8.35. The predicted molar refractivity (Wildman–Crippen MR) is 136 cm³/mol. The highest BCUT2D eigenvalue weighted by atomic mass is 16.5. The van der Waals surface area contributed by atoms with Gasteiger partial charge in [0.15, 0.2) is 0 Å². The lowest BCUT2D eigenvalue weighted by molar-refractivity contribution is 0.0908. The number of aliphatic hydroxyl groups is 1. The number of rotatable bonds is 10. The predicted octanol–water partition coefficient (Wildman–Crippen LogP) is 6.04. The van der Waals surface area contributed by atoms with Gasteiger partial charge in [-0.1, -0.05) is 43.7 Å². The van der Waals surface area contributed by atoms with E-state index >= 15 is 0 Å². The summed E-state index contributed by atoms with van der Waals surface area (Å²) in [6, 6.07) is 18.6. The molecule has 0 bridgehead atoms. The molecule has 0 radical (unpaired) electrons. The van der Waals surface area contributed by atoms with Gasteiger partial charge in [0, 0.05) is 18.1 Å². The van der Waals surface area contributed by atoms with Crippen molar-refractivity contribution in [1.82, 2.24) is 9.88 Å². The number of fused-ring (bicyclic) bond motifs is 1. The van der Waals surface area contributed by atoms with Crippen molar-refractivity contribution in [1.29, 1.82) is 0 Å². The van der Waals surface area contributed by atoms with E-state index in [4.69, 9.17) is 4.74 Å². The molecule has 2 aromatic carbocycles. The number of piperidine rings is 1. The molecule has 3 aromatic rings. The minimum absolute atomic E-state index is 0.469. The molecule has 2 heterocycles. The molecule has 0 aliphatic carbocycles. The van der Waals surface area contributed by atoms with Crippen molar-refractivity contribution in [2.24, 2.45) is 11.8 Å². The van der Waals surface area contributed by atoms with Crippen LogP contribution in [0, 0.1) is 11.8 Å². The molecule has 1 unspecified atom stereocenters. The monoisotopic (exact) mass is 446 g/mol. The molecule has 4 rings (SSSR count). The fraction of sp³-hybridized carbons (Fsp3) is 0.483. The first-order chi connectivity index (χ1) is 16.2. The lowest BCUT2D eigenvalue weighted by Crippen LogP contribution is -2.40. The normalized spacial score (nSPS) is 20.1. The third kappa shape index (κ3) is 6.13. The van der Waals surface area contributed by atoms with E-state index in [2.05, 4.69) is 47.1 Å². The zero-order chi connectivity index (χ0) is 23.0. The van der Waals surface area contributed by atoms with Crippen LogP contribution in [0.5, 0.6) is 5.75 Å². The highest BCUT2D eigenvalue weighted by Gasteiger charge is 2.28. The summed E-state index contributed by atoms with van der Waals surface area (Å²) in [4.78, 5) is 7.11. The number of methoxy groups -OCH3 is 1. The second kappa shape index (κ2) is 11.6. The van der Waals surface area contributed by atoms with Crippen LogP contribution in [0.15, 0.2) is 60.8 Å². The SMILES string of the molecule is CC[C@H]1CN(CCCc2ccccc2)CC[C@H]1CCC(O)c1ccnc2ccc(OC)cc12. The third-order valence-electron chi connectivity index (χ3n) is 7.43. The van der Waals surface area contributed by atoms with Crippen LogP contribution in [0.1, 0.15) is 56.3 Å². The number of aliphatic hydroxyl groups excluding tert-OH is 1. The van der Waals surface area contributed by atoms with Crippen molar-refractivity contribution in [3.63, 3.8) is 0 Å². The van der Waals surface area contributed by atoms with Gasteiger partial charge in [-0.15, -0.1) is 0 Å². The molecule has 4 heteroatoms. The number of likely N-dealkylation sites (tertiary alicyclic amines) is 1. The lowest BCUT2D eigenvalue weighted by atomic mass is 9.80. The van der Waals surface area contributed by atoms with Gasteiger partial charge in [-0.3, -0.25) is 4.98 Å². The Balaban J connectivity index is 1.30. The Labute approximate surface area is 198 Å². The van der Waals surface area contributed by atoms with Gasteiger partial charge in [-0.25, -0.2) is 0 Å². The fourth-order valence-corrected chi connectivity index (χ4v) is 5.44. The maximum absolute atomic E-state index is 11.1. The average molecular weight is 447 g/mol. The van der Waals surface area contributed by atoms with Gasteiger partial charge in [0.05, 0.1) is 18.7 Å². The van der Waals surface area contributed by atoms with Gasteiger partial charge >= 0.3 is 0 Å². The highest BCUT2D eigenvalue weighted by molar-refractivity contribution is 5.83. The van der Waals surface area contributed by atoms with Crippen LogP contribution in [0.25, 0.3) is 10.9 Å². The summed E-state index contributed by atoms with van der Waals surface area (Å²) >= 11 is 0. The molecule has 1 aliphatic rings. The van der Waals surface area contributed by atoms with Crippen molar-refractivity contribution in [2.45, 2.75) is 51.6 Å². The van der Waals surface area contributed by atoms with Crippen LogP contribution in [0.2, 0.25) is 0 Å². The van der Waals surface area contributed by atoms with E-state index in [1.807, 2.05) is 24.3 Å². The van der Waals surface area contributed by atoms with Crippen LogP contribution < -0.4 is 4.74 Å². The first kappa shape index (κ1) is 23.7. The number of aryl methyl sites for hydroxylation is 1. The third-order valence-corrected chi connectivity index (χ3v) is 7.43. The topological polar surface area (TPSA) is 45.6 Å². The molecule has 33 heavy (non-hydrogen) atoms. The molecule has 1 N–H and O–H groups in total. The molecule has 1 fully saturated rings. The van der Waals surface area contributed by atoms with E-state index in [0.29, 0.717) is 5.92 Å². The Bertz CT molecular complexity index is 1010. The molecule has 0 spiro atoms. The van der Waals surface area contributed by atoms with E-state index < -0.39 is 6.10 Å². The minimum atomic E-state index is -0.469. The maximum atomic E-state index is 11.1.